The highest BCUT2D eigenvalue weighted by Gasteiger charge is 2.03. The minimum atomic E-state index is 0.538. The maximum atomic E-state index is 4.95. The maximum absolute atomic E-state index is 4.95. The first-order chi connectivity index (χ1) is 8.90. The van der Waals surface area contributed by atoms with Gasteiger partial charge in [-0.2, -0.15) is 0 Å². The van der Waals surface area contributed by atoms with Crippen molar-refractivity contribution in [2.75, 3.05) is 20.3 Å². The highest BCUT2D eigenvalue weighted by Crippen LogP contribution is 2.06. The standard InChI is InChI=1S/C12H15N5O/c1-18-6-5-13-7-10-8-16-12(17-9-10)11-14-3-2-4-15-11/h2-4,8-9,13H,5-7H2,1H3. The molecule has 0 saturated heterocycles. The van der Waals surface area contributed by atoms with E-state index in [4.69, 9.17) is 4.74 Å². The molecule has 2 aromatic rings. The van der Waals surface area contributed by atoms with Crippen molar-refractivity contribution in [2.24, 2.45) is 0 Å². The Morgan fingerprint density at radius 2 is 1.72 bits per heavy atom. The number of hydrogen-bond donors (Lipinski definition) is 1. The maximum Gasteiger partial charge on any atom is 0.197 e. The minimum Gasteiger partial charge on any atom is -0.383 e. The lowest BCUT2D eigenvalue weighted by Gasteiger charge is -2.04. The quantitative estimate of drug-likeness (QED) is 0.754. The second kappa shape index (κ2) is 6.73. The van der Waals surface area contributed by atoms with E-state index in [0.29, 0.717) is 18.3 Å². The first-order valence-electron chi connectivity index (χ1n) is 5.68. The lowest BCUT2D eigenvalue weighted by Crippen LogP contribution is -2.18. The van der Waals surface area contributed by atoms with Gasteiger partial charge in [0.15, 0.2) is 11.6 Å². The largest absolute Gasteiger partial charge is 0.383 e. The number of methoxy groups -OCH3 is 1. The summed E-state index contributed by atoms with van der Waals surface area (Å²) >= 11 is 0. The average molecular weight is 245 g/mol. The third-order valence-corrected chi connectivity index (χ3v) is 2.28. The van der Waals surface area contributed by atoms with Crippen LogP contribution in [0.3, 0.4) is 0 Å². The van der Waals surface area contributed by atoms with Crippen molar-refractivity contribution in [1.82, 2.24) is 25.3 Å². The monoisotopic (exact) mass is 245 g/mol. The van der Waals surface area contributed by atoms with Crippen LogP contribution in [0.5, 0.6) is 0 Å². The number of aromatic nitrogens is 4. The first-order valence-corrected chi connectivity index (χ1v) is 5.68. The molecule has 2 aromatic heterocycles. The molecule has 2 rings (SSSR count). The van der Waals surface area contributed by atoms with Crippen molar-refractivity contribution in [3.8, 4) is 11.6 Å². The molecule has 94 valence electrons. The summed E-state index contributed by atoms with van der Waals surface area (Å²) in [6.45, 7) is 2.22. The molecular weight excluding hydrogens is 230 g/mol. The van der Waals surface area contributed by atoms with Gasteiger partial charge in [0.05, 0.1) is 6.61 Å². The molecule has 0 unspecified atom stereocenters. The van der Waals surface area contributed by atoms with Crippen LogP contribution in [0.2, 0.25) is 0 Å². The van der Waals surface area contributed by atoms with Crippen LogP contribution in [-0.4, -0.2) is 40.2 Å². The van der Waals surface area contributed by atoms with Crippen LogP contribution in [0.1, 0.15) is 5.56 Å². The molecule has 0 amide bonds. The van der Waals surface area contributed by atoms with Crippen molar-refractivity contribution < 1.29 is 4.74 Å². The molecule has 0 spiro atoms. The molecule has 1 N–H and O–H groups in total. The fourth-order valence-corrected chi connectivity index (χ4v) is 1.38. The van der Waals surface area contributed by atoms with Crippen LogP contribution in [0.4, 0.5) is 0 Å². The van der Waals surface area contributed by atoms with Gasteiger partial charge in [0.2, 0.25) is 0 Å². The molecule has 0 saturated carbocycles. The fourth-order valence-electron chi connectivity index (χ4n) is 1.38. The van der Waals surface area contributed by atoms with Gasteiger partial charge in [-0.3, -0.25) is 0 Å². The average Bonchev–Trinajstić information content (AvgIpc) is 2.45. The zero-order chi connectivity index (χ0) is 12.6. The van der Waals surface area contributed by atoms with E-state index in [1.54, 1.807) is 38.0 Å². The van der Waals surface area contributed by atoms with Crippen LogP contribution in [0.25, 0.3) is 11.6 Å². The number of rotatable bonds is 6. The van der Waals surface area contributed by atoms with Crippen molar-refractivity contribution in [3.05, 3.63) is 36.4 Å². The molecule has 2 heterocycles. The second-order valence-electron chi connectivity index (χ2n) is 3.66. The zero-order valence-electron chi connectivity index (χ0n) is 10.2. The summed E-state index contributed by atoms with van der Waals surface area (Å²) in [4.78, 5) is 16.7. The SMILES string of the molecule is COCCNCc1cnc(-c2ncccn2)nc1. The van der Waals surface area contributed by atoms with Crippen molar-refractivity contribution in [3.63, 3.8) is 0 Å². The van der Waals surface area contributed by atoms with Crippen LogP contribution < -0.4 is 5.32 Å². The Balaban J connectivity index is 1.94. The third kappa shape index (κ3) is 3.54. The predicted octanol–water partition coefficient (Wildman–Crippen LogP) is 0.670. The summed E-state index contributed by atoms with van der Waals surface area (Å²) in [5.74, 6) is 1.08. The second-order valence-corrected chi connectivity index (χ2v) is 3.66. The lowest BCUT2D eigenvalue weighted by atomic mass is 10.3. The van der Waals surface area contributed by atoms with Gasteiger partial charge in [0, 0.05) is 50.6 Å². The molecule has 0 aliphatic rings. The minimum absolute atomic E-state index is 0.538. The summed E-state index contributed by atoms with van der Waals surface area (Å²) in [7, 11) is 1.68. The Morgan fingerprint density at radius 1 is 1.06 bits per heavy atom. The molecule has 0 fully saturated rings. The summed E-state index contributed by atoms with van der Waals surface area (Å²) in [6, 6.07) is 1.76. The van der Waals surface area contributed by atoms with Gasteiger partial charge in [-0.05, 0) is 6.07 Å². The van der Waals surface area contributed by atoms with Gasteiger partial charge < -0.3 is 10.1 Å². The highest BCUT2D eigenvalue weighted by molar-refractivity contribution is 5.41. The highest BCUT2D eigenvalue weighted by atomic mass is 16.5. The first kappa shape index (κ1) is 12.5. The molecule has 0 aliphatic carbocycles. The van der Waals surface area contributed by atoms with Crippen LogP contribution >= 0.6 is 0 Å². The number of hydrogen-bond acceptors (Lipinski definition) is 6. The summed E-state index contributed by atoms with van der Waals surface area (Å²) in [5.41, 5.74) is 1.02. The van der Waals surface area contributed by atoms with E-state index in [1.807, 2.05) is 0 Å². The van der Waals surface area contributed by atoms with E-state index in [9.17, 15) is 0 Å². The Kier molecular flexibility index (Phi) is 4.68. The zero-order valence-corrected chi connectivity index (χ0v) is 10.2. The molecule has 0 bridgehead atoms. The molecule has 18 heavy (non-hydrogen) atoms. The van der Waals surface area contributed by atoms with Crippen molar-refractivity contribution in [1.29, 1.82) is 0 Å². The molecule has 0 aromatic carbocycles. The smallest absolute Gasteiger partial charge is 0.197 e. The van der Waals surface area contributed by atoms with Gasteiger partial charge >= 0.3 is 0 Å². The van der Waals surface area contributed by atoms with E-state index in [-0.39, 0.29) is 0 Å². The van der Waals surface area contributed by atoms with E-state index in [0.717, 1.165) is 18.7 Å². The van der Waals surface area contributed by atoms with Gasteiger partial charge in [0.1, 0.15) is 0 Å². The Morgan fingerprint density at radius 3 is 2.39 bits per heavy atom. The van der Waals surface area contributed by atoms with Crippen molar-refractivity contribution in [2.45, 2.75) is 6.54 Å². The van der Waals surface area contributed by atoms with Gasteiger partial charge in [-0.1, -0.05) is 0 Å². The molecule has 0 radical (unpaired) electrons. The molecule has 0 aliphatic heterocycles. The van der Waals surface area contributed by atoms with E-state index in [2.05, 4.69) is 25.3 Å². The predicted molar refractivity (Wildman–Crippen MR) is 66.6 cm³/mol. The van der Waals surface area contributed by atoms with Gasteiger partial charge in [-0.15, -0.1) is 0 Å². The molecule has 6 heteroatoms. The van der Waals surface area contributed by atoms with Crippen molar-refractivity contribution >= 4 is 0 Å². The fraction of sp³-hybridized carbons (Fsp3) is 0.333. The van der Waals surface area contributed by atoms with Crippen LogP contribution in [0.15, 0.2) is 30.9 Å². The van der Waals surface area contributed by atoms with E-state index < -0.39 is 0 Å². The Labute approximate surface area is 105 Å². The number of ether oxygens (including phenoxy) is 1. The topological polar surface area (TPSA) is 72.8 Å². The lowest BCUT2D eigenvalue weighted by molar-refractivity contribution is 0.199. The summed E-state index contributed by atoms with van der Waals surface area (Å²) in [6.07, 6.45) is 6.90. The molecule has 6 nitrogen and oxygen atoms in total. The number of nitrogens with zero attached hydrogens (tertiary/aromatic N) is 4. The Bertz CT molecular complexity index is 460. The summed E-state index contributed by atoms with van der Waals surface area (Å²) < 4.78 is 4.95. The van der Waals surface area contributed by atoms with Crippen LogP contribution in [-0.2, 0) is 11.3 Å². The van der Waals surface area contributed by atoms with E-state index >= 15 is 0 Å². The molecular formula is C12H15N5O. The van der Waals surface area contributed by atoms with Gasteiger partial charge in [-0.25, -0.2) is 19.9 Å². The summed E-state index contributed by atoms with van der Waals surface area (Å²) in [5, 5.41) is 3.23. The van der Waals surface area contributed by atoms with Crippen LogP contribution in [0, 0.1) is 0 Å². The number of nitrogens with one attached hydrogen (secondary N) is 1. The third-order valence-electron chi connectivity index (χ3n) is 2.28. The van der Waals surface area contributed by atoms with Gasteiger partial charge in [0.25, 0.3) is 0 Å². The normalized spacial score (nSPS) is 10.5. The molecule has 0 atom stereocenters. The Hall–Kier alpha value is -1.92. The van der Waals surface area contributed by atoms with E-state index in [1.165, 1.54) is 0 Å².